The maximum absolute atomic E-state index is 12.5. The van der Waals surface area contributed by atoms with E-state index in [2.05, 4.69) is 4.98 Å². The van der Waals surface area contributed by atoms with Crippen LogP contribution >= 0.6 is 0 Å². The predicted octanol–water partition coefficient (Wildman–Crippen LogP) is 1.80. The van der Waals surface area contributed by atoms with E-state index >= 15 is 0 Å². The third-order valence-electron chi connectivity index (χ3n) is 6.26. The maximum Gasteiger partial charge on any atom is 0.325 e. The molecule has 2 aliphatic heterocycles. The number of ether oxygens (including phenoxy) is 5. The molecule has 0 spiro atoms. The van der Waals surface area contributed by atoms with E-state index in [1.807, 2.05) is 30.3 Å². The minimum atomic E-state index is -0.580. The van der Waals surface area contributed by atoms with Crippen LogP contribution in [0.5, 0.6) is 5.75 Å². The van der Waals surface area contributed by atoms with Gasteiger partial charge in [0.25, 0.3) is 5.56 Å². The number of hydrogen-bond donors (Lipinski definition) is 1. The summed E-state index contributed by atoms with van der Waals surface area (Å²) in [5, 5.41) is 0. The molecule has 10 nitrogen and oxygen atoms in total. The van der Waals surface area contributed by atoms with Gasteiger partial charge < -0.3 is 29.4 Å². The fourth-order valence-electron chi connectivity index (χ4n) is 4.39. The van der Waals surface area contributed by atoms with E-state index in [-0.39, 0.29) is 36.6 Å². The van der Waals surface area contributed by atoms with Crippen LogP contribution in [0.25, 0.3) is 11.4 Å². The Balaban J connectivity index is 1.24. The summed E-state index contributed by atoms with van der Waals surface area (Å²) in [4.78, 5) is 28.6. The van der Waals surface area contributed by atoms with Crippen molar-refractivity contribution < 1.29 is 28.5 Å². The van der Waals surface area contributed by atoms with Gasteiger partial charge in [-0.05, 0) is 29.8 Å². The maximum atomic E-state index is 12.5. The summed E-state index contributed by atoms with van der Waals surface area (Å²) in [6, 6.07) is 17.0. The normalized spacial score (nSPS) is 22.8. The number of nitrogens with zero attached hydrogens (tertiary/aromatic N) is 2. The summed E-state index contributed by atoms with van der Waals surface area (Å²) < 4.78 is 30.0. The van der Waals surface area contributed by atoms with Crippen LogP contribution in [0.15, 0.2) is 65.6 Å². The second kappa shape index (κ2) is 10.5. The first-order chi connectivity index (χ1) is 17.5. The molecule has 2 fully saturated rings. The number of esters is 1. The second-order valence-electron chi connectivity index (χ2n) is 8.62. The van der Waals surface area contributed by atoms with Crippen molar-refractivity contribution in [1.29, 1.82) is 0 Å². The Morgan fingerprint density at radius 2 is 1.75 bits per heavy atom. The third kappa shape index (κ3) is 4.97. The smallest absolute Gasteiger partial charge is 0.325 e. The first kappa shape index (κ1) is 24.0. The molecule has 0 saturated carbocycles. The lowest BCUT2D eigenvalue weighted by Crippen LogP contribution is -2.35. The molecular formula is C26H27N3O7. The Labute approximate surface area is 207 Å². The molecular weight excluding hydrogens is 466 g/mol. The Hall–Kier alpha value is -3.73. The van der Waals surface area contributed by atoms with Crippen LogP contribution in [-0.2, 0) is 36.9 Å². The number of aromatic nitrogens is 2. The molecule has 3 heterocycles. The van der Waals surface area contributed by atoms with Gasteiger partial charge in [-0.1, -0.05) is 30.3 Å². The van der Waals surface area contributed by atoms with Gasteiger partial charge >= 0.3 is 5.97 Å². The van der Waals surface area contributed by atoms with Crippen molar-refractivity contribution in [2.45, 2.75) is 37.6 Å². The van der Waals surface area contributed by atoms with Gasteiger partial charge in [0.1, 0.15) is 42.1 Å². The molecule has 3 aromatic rings. The van der Waals surface area contributed by atoms with Gasteiger partial charge in [-0.25, -0.2) is 4.98 Å². The molecule has 36 heavy (non-hydrogen) atoms. The number of nitrogen functional groups attached to an aromatic ring is 1. The lowest BCUT2D eigenvalue weighted by atomic mass is 10.1. The molecule has 2 aliphatic rings. The minimum absolute atomic E-state index is 0.0546. The summed E-state index contributed by atoms with van der Waals surface area (Å²) >= 11 is 0. The standard InChI is InChI=1S/C26H27N3O7/c1-32-22(30)12-29-25(28-11-19(27)26(29)31)17-7-9-18(10-8-17)36-21-15-35-23-20(14-34-24(21)23)33-13-16-5-3-2-4-6-16/h2-11,20-21,23-24H,12-15,27H2,1H3/t20-,21-,23-,24-/m1/s1. The number of carbonyl (C=O) groups is 1. The zero-order valence-corrected chi connectivity index (χ0v) is 19.7. The molecule has 1 aromatic heterocycles. The molecule has 2 aromatic carbocycles. The van der Waals surface area contributed by atoms with Crippen LogP contribution in [0.3, 0.4) is 0 Å². The lowest BCUT2D eigenvalue weighted by molar-refractivity contribution is -0.141. The Bertz CT molecular complexity index is 1260. The first-order valence-electron chi connectivity index (χ1n) is 11.6. The van der Waals surface area contributed by atoms with Crippen molar-refractivity contribution in [2.24, 2.45) is 0 Å². The third-order valence-corrected chi connectivity index (χ3v) is 6.26. The molecule has 2 saturated heterocycles. The Kier molecular flexibility index (Phi) is 6.99. The van der Waals surface area contributed by atoms with E-state index in [4.69, 9.17) is 29.4 Å². The summed E-state index contributed by atoms with van der Waals surface area (Å²) in [6.45, 7) is 1.03. The molecule has 10 heteroatoms. The van der Waals surface area contributed by atoms with Gasteiger partial charge in [0.05, 0.1) is 33.1 Å². The van der Waals surface area contributed by atoms with Crippen LogP contribution in [-0.4, -0.2) is 60.3 Å². The minimum Gasteiger partial charge on any atom is -0.485 e. The molecule has 5 rings (SSSR count). The summed E-state index contributed by atoms with van der Waals surface area (Å²) in [7, 11) is 1.25. The molecule has 0 aliphatic carbocycles. The lowest BCUT2D eigenvalue weighted by Gasteiger charge is -2.18. The average molecular weight is 494 g/mol. The van der Waals surface area contributed by atoms with Crippen LogP contribution < -0.4 is 16.0 Å². The highest BCUT2D eigenvalue weighted by atomic mass is 16.6. The highest BCUT2D eigenvalue weighted by Gasteiger charge is 2.49. The number of benzene rings is 2. The van der Waals surface area contributed by atoms with Gasteiger partial charge in [0.2, 0.25) is 0 Å². The summed E-state index contributed by atoms with van der Waals surface area (Å²) in [6.07, 6.45) is 0.423. The van der Waals surface area contributed by atoms with E-state index in [1.54, 1.807) is 24.3 Å². The van der Waals surface area contributed by atoms with Gasteiger partial charge in [0, 0.05) is 5.56 Å². The fraction of sp³-hybridized carbons (Fsp3) is 0.346. The van der Waals surface area contributed by atoms with E-state index in [1.165, 1.54) is 17.9 Å². The molecule has 0 radical (unpaired) electrons. The number of nitrogens with two attached hydrogens (primary N) is 1. The van der Waals surface area contributed by atoms with Crippen LogP contribution in [0.2, 0.25) is 0 Å². The number of carbonyl (C=O) groups excluding carboxylic acids is 1. The Morgan fingerprint density at radius 1 is 1.06 bits per heavy atom. The van der Waals surface area contributed by atoms with Crippen molar-refractivity contribution >= 4 is 11.7 Å². The van der Waals surface area contributed by atoms with Crippen LogP contribution in [0.1, 0.15) is 5.56 Å². The fourth-order valence-corrected chi connectivity index (χ4v) is 4.39. The van der Waals surface area contributed by atoms with Crippen LogP contribution in [0, 0.1) is 0 Å². The molecule has 0 unspecified atom stereocenters. The SMILES string of the molecule is COC(=O)Cn1c(-c2ccc(O[C@@H]3CO[C@H]4[C@@H]3OC[C@H]4OCc3ccccc3)cc2)ncc(N)c1=O. The highest BCUT2D eigenvalue weighted by molar-refractivity contribution is 5.70. The number of rotatable bonds is 8. The monoisotopic (exact) mass is 493 g/mol. The average Bonchev–Trinajstić information content (AvgIpc) is 3.49. The van der Waals surface area contributed by atoms with Crippen molar-refractivity contribution in [3.63, 3.8) is 0 Å². The van der Waals surface area contributed by atoms with E-state index in [9.17, 15) is 9.59 Å². The summed E-state index contributed by atoms with van der Waals surface area (Å²) in [5.74, 6) is 0.333. The van der Waals surface area contributed by atoms with E-state index < -0.39 is 11.5 Å². The summed E-state index contributed by atoms with van der Waals surface area (Å²) in [5.41, 5.74) is 6.85. The largest absolute Gasteiger partial charge is 0.485 e. The zero-order chi connectivity index (χ0) is 25.1. The van der Waals surface area contributed by atoms with Gasteiger partial charge in [-0.3, -0.25) is 14.2 Å². The van der Waals surface area contributed by atoms with E-state index in [0.717, 1.165) is 5.56 Å². The molecule has 2 N–H and O–H groups in total. The van der Waals surface area contributed by atoms with Crippen LogP contribution in [0.4, 0.5) is 5.69 Å². The van der Waals surface area contributed by atoms with Crippen molar-refractivity contribution in [2.75, 3.05) is 26.1 Å². The van der Waals surface area contributed by atoms with E-state index in [0.29, 0.717) is 37.0 Å². The Morgan fingerprint density at radius 3 is 2.47 bits per heavy atom. The first-order valence-corrected chi connectivity index (χ1v) is 11.6. The number of anilines is 1. The number of methoxy groups -OCH3 is 1. The van der Waals surface area contributed by atoms with Gasteiger partial charge in [0.15, 0.2) is 6.10 Å². The highest BCUT2D eigenvalue weighted by Crippen LogP contribution is 2.32. The zero-order valence-electron chi connectivity index (χ0n) is 19.7. The molecule has 188 valence electrons. The van der Waals surface area contributed by atoms with Crippen molar-refractivity contribution in [3.05, 3.63) is 76.7 Å². The quantitative estimate of drug-likeness (QED) is 0.468. The number of hydrogen-bond acceptors (Lipinski definition) is 9. The van der Waals surface area contributed by atoms with Gasteiger partial charge in [-0.2, -0.15) is 0 Å². The molecule has 4 atom stereocenters. The van der Waals surface area contributed by atoms with Gasteiger partial charge in [-0.15, -0.1) is 0 Å². The predicted molar refractivity (Wildman–Crippen MR) is 129 cm³/mol. The topological polar surface area (TPSA) is 124 Å². The van der Waals surface area contributed by atoms with Crippen molar-refractivity contribution in [1.82, 2.24) is 9.55 Å². The number of fused-ring (bicyclic) bond motifs is 1. The second-order valence-corrected chi connectivity index (χ2v) is 8.62. The molecule has 0 amide bonds. The van der Waals surface area contributed by atoms with Crippen molar-refractivity contribution in [3.8, 4) is 17.1 Å². The molecule has 0 bridgehead atoms.